The zero-order valence-electron chi connectivity index (χ0n) is 8.11. The Kier molecular flexibility index (Phi) is 4.53. The van der Waals surface area contributed by atoms with Crippen molar-refractivity contribution in [2.24, 2.45) is 0 Å². The van der Waals surface area contributed by atoms with Crippen molar-refractivity contribution in [3.05, 3.63) is 45.7 Å². The van der Waals surface area contributed by atoms with Crippen LogP contribution >= 0.6 is 35.3 Å². The Morgan fingerprint density at radius 2 is 2.19 bits per heavy atom. The lowest BCUT2D eigenvalue weighted by atomic mass is 10.1. The number of thiazole rings is 1. The van der Waals surface area contributed by atoms with Crippen LogP contribution in [0.5, 0.6) is 0 Å². The highest BCUT2D eigenvalue weighted by Crippen LogP contribution is 2.21. The SMILES string of the molecule is Cl.Nc1ncc(Cc2ccc(F)c(Cl)c2)s1. The fourth-order valence-corrected chi connectivity index (χ4v) is 2.18. The van der Waals surface area contributed by atoms with Gasteiger partial charge in [-0.2, -0.15) is 0 Å². The number of rotatable bonds is 2. The van der Waals surface area contributed by atoms with Gasteiger partial charge in [-0.15, -0.1) is 23.7 Å². The van der Waals surface area contributed by atoms with Crippen LogP contribution in [0.4, 0.5) is 9.52 Å². The van der Waals surface area contributed by atoms with Crippen molar-refractivity contribution >= 4 is 40.5 Å². The highest BCUT2D eigenvalue weighted by Gasteiger charge is 2.04. The van der Waals surface area contributed by atoms with Crippen LogP contribution in [-0.4, -0.2) is 4.98 Å². The van der Waals surface area contributed by atoms with E-state index >= 15 is 0 Å². The third kappa shape index (κ3) is 3.07. The molecule has 0 aliphatic heterocycles. The fraction of sp³-hybridized carbons (Fsp3) is 0.100. The minimum atomic E-state index is -0.399. The van der Waals surface area contributed by atoms with Crippen molar-refractivity contribution in [2.75, 3.05) is 5.73 Å². The molecule has 1 heterocycles. The van der Waals surface area contributed by atoms with Gasteiger partial charge in [-0.05, 0) is 17.7 Å². The van der Waals surface area contributed by atoms with Crippen molar-refractivity contribution < 1.29 is 4.39 Å². The van der Waals surface area contributed by atoms with Crippen molar-refractivity contribution in [1.82, 2.24) is 4.98 Å². The van der Waals surface area contributed by atoms with Crippen LogP contribution in [-0.2, 0) is 6.42 Å². The van der Waals surface area contributed by atoms with Gasteiger partial charge in [-0.25, -0.2) is 9.37 Å². The molecule has 0 aliphatic rings. The smallest absolute Gasteiger partial charge is 0.180 e. The first kappa shape index (κ1) is 13.2. The first-order valence-corrected chi connectivity index (χ1v) is 5.48. The predicted octanol–water partition coefficient (Wildman–Crippen LogP) is 3.53. The lowest BCUT2D eigenvalue weighted by Crippen LogP contribution is -1.86. The summed E-state index contributed by atoms with van der Waals surface area (Å²) >= 11 is 7.10. The molecule has 2 nitrogen and oxygen atoms in total. The molecule has 0 bridgehead atoms. The van der Waals surface area contributed by atoms with E-state index in [1.54, 1.807) is 18.3 Å². The summed E-state index contributed by atoms with van der Waals surface area (Å²) in [4.78, 5) is 4.98. The summed E-state index contributed by atoms with van der Waals surface area (Å²) in [7, 11) is 0. The van der Waals surface area contributed by atoms with E-state index in [9.17, 15) is 4.39 Å². The molecule has 0 unspecified atom stereocenters. The van der Waals surface area contributed by atoms with Crippen LogP contribution in [0.3, 0.4) is 0 Å². The Bertz CT molecular complexity index is 487. The van der Waals surface area contributed by atoms with Gasteiger partial charge < -0.3 is 5.73 Å². The molecule has 0 radical (unpaired) electrons. The molecule has 2 N–H and O–H groups in total. The van der Waals surface area contributed by atoms with Crippen LogP contribution in [0, 0.1) is 5.82 Å². The van der Waals surface area contributed by atoms with E-state index < -0.39 is 5.82 Å². The molecule has 0 saturated heterocycles. The second-order valence-corrected chi connectivity index (χ2v) is 4.64. The molecule has 16 heavy (non-hydrogen) atoms. The lowest BCUT2D eigenvalue weighted by molar-refractivity contribution is 0.627. The quantitative estimate of drug-likeness (QED) is 0.913. The summed E-state index contributed by atoms with van der Waals surface area (Å²) in [5, 5.41) is 0.684. The van der Waals surface area contributed by atoms with Crippen LogP contribution in [0.25, 0.3) is 0 Å². The van der Waals surface area contributed by atoms with Crippen LogP contribution < -0.4 is 5.73 Å². The molecular weight excluding hydrogens is 270 g/mol. The fourth-order valence-electron chi connectivity index (χ4n) is 1.26. The average Bonchev–Trinajstić information content (AvgIpc) is 2.58. The van der Waals surface area contributed by atoms with Crippen molar-refractivity contribution in [3.8, 4) is 0 Å². The summed E-state index contributed by atoms with van der Waals surface area (Å²) in [6.45, 7) is 0. The Hall–Kier alpha value is -0.840. The van der Waals surface area contributed by atoms with Gasteiger partial charge in [0, 0.05) is 17.5 Å². The number of hydrogen-bond acceptors (Lipinski definition) is 3. The first-order chi connectivity index (χ1) is 7.15. The molecule has 1 aromatic heterocycles. The third-order valence-corrected chi connectivity index (χ3v) is 3.05. The van der Waals surface area contributed by atoms with Gasteiger partial charge in [0.05, 0.1) is 5.02 Å². The minimum Gasteiger partial charge on any atom is -0.375 e. The molecule has 0 amide bonds. The molecule has 0 atom stereocenters. The predicted molar refractivity (Wildman–Crippen MR) is 68.0 cm³/mol. The molecule has 0 aliphatic carbocycles. The second kappa shape index (κ2) is 5.48. The van der Waals surface area contributed by atoms with E-state index in [2.05, 4.69) is 4.98 Å². The van der Waals surface area contributed by atoms with Crippen LogP contribution in [0.15, 0.2) is 24.4 Å². The number of nitrogens with two attached hydrogens (primary N) is 1. The molecule has 1 aromatic carbocycles. The number of halogens is 3. The normalized spacial score (nSPS) is 9.88. The van der Waals surface area contributed by atoms with Crippen LogP contribution in [0.2, 0.25) is 5.02 Å². The Morgan fingerprint density at radius 3 is 2.75 bits per heavy atom. The number of anilines is 1. The number of hydrogen-bond donors (Lipinski definition) is 1. The number of nitrogens with zero attached hydrogens (tertiary/aromatic N) is 1. The van der Waals surface area contributed by atoms with E-state index in [1.165, 1.54) is 17.4 Å². The van der Waals surface area contributed by atoms with Crippen molar-refractivity contribution in [3.63, 3.8) is 0 Å². The number of nitrogen functional groups attached to an aromatic ring is 1. The second-order valence-electron chi connectivity index (χ2n) is 3.09. The zero-order chi connectivity index (χ0) is 10.8. The molecule has 0 spiro atoms. The molecule has 6 heteroatoms. The molecule has 2 rings (SSSR count). The Balaban J connectivity index is 0.00000128. The maximum Gasteiger partial charge on any atom is 0.180 e. The average molecular weight is 279 g/mol. The van der Waals surface area contributed by atoms with Gasteiger partial charge in [0.25, 0.3) is 0 Å². The Morgan fingerprint density at radius 1 is 1.44 bits per heavy atom. The monoisotopic (exact) mass is 278 g/mol. The van der Waals surface area contributed by atoms with E-state index in [1.807, 2.05) is 0 Å². The zero-order valence-corrected chi connectivity index (χ0v) is 10.5. The lowest BCUT2D eigenvalue weighted by Gasteiger charge is -1.99. The summed E-state index contributed by atoms with van der Waals surface area (Å²) in [6, 6.07) is 4.69. The van der Waals surface area contributed by atoms with Crippen LogP contribution in [0.1, 0.15) is 10.4 Å². The van der Waals surface area contributed by atoms with E-state index in [0.717, 1.165) is 10.4 Å². The molecule has 0 saturated carbocycles. The summed E-state index contributed by atoms with van der Waals surface area (Å²) in [5.74, 6) is -0.399. The van der Waals surface area contributed by atoms with Gasteiger partial charge in [0.15, 0.2) is 5.13 Å². The van der Waals surface area contributed by atoms with Gasteiger partial charge in [0.1, 0.15) is 5.82 Å². The molecule has 0 fully saturated rings. The van der Waals surface area contributed by atoms with Crippen molar-refractivity contribution in [2.45, 2.75) is 6.42 Å². The summed E-state index contributed by atoms with van der Waals surface area (Å²) in [5.41, 5.74) is 6.46. The highest BCUT2D eigenvalue weighted by atomic mass is 35.5. The van der Waals surface area contributed by atoms with Gasteiger partial charge in [0.2, 0.25) is 0 Å². The topological polar surface area (TPSA) is 38.9 Å². The minimum absolute atomic E-state index is 0. The van der Waals surface area contributed by atoms with Gasteiger partial charge in [-0.3, -0.25) is 0 Å². The maximum absolute atomic E-state index is 12.9. The highest BCUT2D eigenvalue weighted by molar-refractivity contribution is 7.15. The summed E-state index contributed by atoms with van der Waals surface area (Å²) in [6.07, 6.45) is 2.39. The standard InChI is InChI=1S/C10H8ClFN2S.ClH/c11-8-4-6(1-2-9(8)12)3-7-5-14-10(13)15-7;/h1-2,4-5H,3H2,(H2,13,14);1H. The Labute approximate surface area is 108 Å². The van der Waals surface area contributed by atoms with Gasteiger partial charge in [-0.1, -0.05) is 17.7 Å². The number of benzene rings is 1. The molecule has 86 valence electrons. The van der Waals surface area contributed by atoms with Gasteiger partial charge >= 0.3 is 0 Å². The summed E-state index contributed by atoms with van der Waals surface area (Å²) < 4.78 is 12.9. The molecular formula is C10H9Cl2FN2S. The van der Waals surface area contributed by atoms with Crippen molar-refractivity contribution in [1.29, 1.82) is 0 Å². The molecule has 2 aromatic rings. The largest absolute Gasteiger partial charge is 0.375 e. The van der Waals surface area contributed by atoms with E-state index in [0.29, 0.717) is 11.6 Å². The third-order valence-electron chi connectivity index (χ3n) is 1.93. The maximum atomic E-state index is 12.9. The first-order valence-electron chi connectivity index (χ1n) is 4.29. The van der Waals surface area contributed by atoms with E-state index in [-0.39, 0.29) is 17.4 Å². The number of aromatic nitrogens is 1. The van der Waals surface area contributed by atoms with E-state index in [4.69, 9.17) is 17.3 Å².